The fourth-order valence-electron chi connectivity index (χ4n) is 4.97. The normalized spacial score (nSPS) is 22.0. The van der Waals surface area contributed by atoms with Crippen LogP contribution >= 0.6 is 11.3 Å². The van der Waals surface area contributed by atoms with E-state index in [9.17, 15) is 9.50 Å². The number of aromatic nitrogens is 3. The van der Waals surface area contributed by atoms with Crippen LogP contribution in [-0.2, 0) is 6.54 Å². The Morgan fingerprint density at radius 2 is 1.89 bits per heavy atom. The second-order valence-electron chi connectivity index (χ2n) is 9.60. The maximum Gasteiger partial charge on any atom is 0.225 e. The van der Waals surface area contributed by atoms with E-state index in [4.69, 9.17) is 15.0 Å². The number of para-hydroxylation sites is 1. The van der Waals surface area contributed by atoms with Crippen molar-refractivity contribution in [2.24, 2.45) is 11.8 Å². The van der Waals surface area contributed by atoms with Crippen molar-refractivity contribution in [2.45, 2.75) is 45.7 Å². The third-order valence-electron chi connectivity index (χ3n) is 7.38. The molecule has 6 nitrogen and oxygen atoms in total. The van der Waals surface area contributed by atoms with Gasteiger partial charge in [-0.3, -0.25) is 0 Å². The number of aliphatic hydroxyl groups excluding tert-OH is 1. The smallest absolute Gasteiger partial charge is 0.225 e. The lowest BCUT2D eigenvalue weighted by molar-refractivity contribution is 0.187. The number of aliphatic hydroxyl groups is 1. The molecule has 35 heavy (non-hydrogen) atoms. The Morgan fingerprint density at radius 1 is 1.11 bits per heavy atom. The maximum atomic E-state index is 14.2. The number of halogens is 1. The summed E-state index contributed by atoms with van der Waals surface area (Å²) < 4.78 is 15.3. The molecule has 0 amide bonds. The topological polar surface area (TPSA) is 83.0 Å². The van der Waals surface area contributed by atoms with Crippen molar-refractivity contribution in [3.63, 3.8) is 0 Å². The minimum atomic E-state index is -0.261. The van der Waals surface area contributed by atoms with E-state index < -0.39 is 0 Å². The lowest BCUT2D eigenvalue weighted by Crippen LogP contribution is -2.40. The van der Waals surface area contributed by atoms with E-state index in [-0.39, 0.29) is 36.3 Å². The number of aryl methyl sites for hydroxylation is 1. The minimum Gasteiger partial charge on any atom is -0.396 e. The van der Waals surface area contributed by atoms with E-state index in [1.165, 1.54) is 6.07 Å². The average molecular weight is 492 g/mol. The zero-order valence-electron chi connectivity index (χ0n) is 20.2. The van der Waals surface area contributed by atoms with Crippen molar-refractivity contribution >= 4 is 33.3 Å². The van der Waals surface area contributed by atoms with Gasteiger partial charge in [0.25, 0.3) is 0 Å². The third-order valence-corrected chi connectivity index (χ3v) is 8.43. The number of nitrogens with one attached hydrogen (secondary N) is 2. The summed E-state index contributed by atoms with van der Waals surface area (Å²) in [6.07, 6.45) is 1.89. The van der Waals surface area contributed by atoms with Gasteiger partial charge >= 0.3 is 0 Å². The molecule has 1 aliphatic rings. The predicted molar refractivity (Wildman–Crippen MR) is 140 cm³/mol. The summed E-state index contributed by atoms with van der Waals surface area (Å²) in [6.45, 7) is 6.80. The standard InChI is InChI=1S/C27H30FN5OS/c1-16-19(15-34)12-13-27(16,3)33-24-23(25-31-21-10-6-7-11-22(21)35-25)17(2)30-26(32-24)29-14-18-8-4-5-9-20(18)28/h4-11,16,19,34H,12-15H2,1-3H3,(H2,29,30,32,33). The highest BCUT2D eigenvalue weighted by molar-refractivity contribution is 7.21. The highest BCUT2D eigenvalue weighted by Gasteiger charge is 2.43. The SMILES string of the molecule is Cc1nc(NCc2ccccc2F)nc(NC2(C)CCC(CO)C2C)c1-c1nc2ccccc2s1. The summed E-state index contributed by atoms with van der Waals surface area (Å²) in [6, 6.07) is 14.8. The van der Waals surface area contributed by atoms with E-state index >= 15 is 0 Å². The number of fused-ring (bicyclic) bond motifs is 1. The lowest BCUT2D eigenvalue weighted by Gasteiger charge is -2.34. The molecule has 5 rings (SSSR count). The number of thiazole rings is 1. The summed E-state index contributed by atoms with van der Waals surface area (Å²) in [5.41, 5.74) is 2.94. The summed E-state index contributed by atoms with van der Waals surface area (Å²) >= 11 is 1.62. The molecule has 1 saturated carbocycles. The monoisotopic (exact) mass is 491 g/mol. The van der Waals surface area contributed by atoms with Crippen LogP contribution in [0.4, 0.5) is 16.2 Å². The van der Waals surface area contributed by atoms with Crippen molar-refractivity contribution in [2.75, 3.05) is 17.2 Å². The maximum absolute atomic E-state index is 14.2. The molecule has 2 heterocycles. The van der Waals surface area contributed by atoms with E-state index in [0.717, 1.165) is 39.3 Å². The van der Waals surface area contributed by atoms with Gasteiger partial charge in [-0.25, -0.2) is 14.4 Å². The highest BCUT2D eigenvalue weighted by Crippen LogP contribution is 2.44. The zero-order chi connectivity index (χ0) is 24.6. The zero-order valence-corrected chi connectivity index (χ0v) is 21.0. The second-order valence-corrected chi connectivity index (χ2v) is 10.6. The Hall–Kier alpha value is -3.10. The van der Waals surface area contributed by atoms with Gasteiger partial charge in [0.1, 0.15) is 16.6 Å². The molecule has 2 aromatic carbocycles. The molecule has 1 fully saturated rings. The van der Waals surface area contributed by atoms with Gasteiger partial charge in [-0.1, -0.05) is 37.3 Å². The summed E-state index contributed by atoms with van der Waals surface area (Å²) in [5, 5.41) is 17.6. The molecule has 0 aliphatic heterocycles. The van der Waals surface area contributed by atoms with Crippen LogP contribution in [0.3, 0.4) is 0 Å². The van der Waals surface area contributed by atoms with E-state index in [2.05, 4.69) is 30.5 Å². The van der Waals surface area contributed by atoms with Gasteiger partial charge in [0, 0.05) is 24.3 Å². The number of rotatable bonds is 7. The number of hydrogen-bond acceptors (Lipinski definition) is 7. The van der Waals surface area contributed by atoms with Crippen molar-refractivity contribution < 1.29 is 9.50 Å². The van der Waals surface area contributed by atoms with Gasteiger partial charge in [-0.15, -0.1) is 11.3 Å². The molecule has 0 saturated heterocycles. The van der Waals surface area contributed by atoms with Gasteiger partial charge in [0.15, 0.2) is 0 Å². The van der Waals surface area contributed by atoms with Crippen molar-refractivity contribution in [1.82, 2.24) is 15.0 Å². The van der Waals surface area contributed by atoms with Crippen LogP contribution in [0, 0.1) is 24.6 Å². The Balaban J connectivity index is 1.54. The molecule has 8 heteroatoms. The Bertz CT molecular complexity index is 1330. The van der Waals surface area contributed by atoms with Gasteiger partial charge in [-0.2, -0.15) is 4.98 Å². The fraction of sp³-hybridized carbons (Fsp3) is 0.370. The average Bonchev–Trinajstić information content (AvgIpc) is 3.39. The first-order valence-corrected chi connectivity index (χ1v) is 12.8. The van der Waals surface area contributed by atoms with Crippen LogP contribution in [0.1, 0.15) is 37.9 Å². The molecular weight excluding hydrogens is 461 g/mol. The summed E-state index contributed by atoms with van der Waals surface area (Å²) in [7, 11) is 0. The van der Waals surface area contributed by atoms with Crippen LogP contribution in [0.5, 0.6) is 0 Å². The molecule has 182 valence electrons. The van der Waals surface area contributed by atoms with Crippen LogP contribution < -0.4 is 10.6 Å². The van der Waals surface area contributed by atoms with Crippen molar-refractivity contribution in [3.05, 3.63) is 65.6 Å². The van der Waals surface area contributed by atoms with E-state index in [1.54, 1.807) is 23.5 Å². The Kier molecular flexibility index (Phi) is 6.42. The van der Waals surface area contributed by atoms with Gasteiger partial charge in [0.2, 0.25) is 5.95 Å². The van der Waals surface area contributed by atoms with Crippen molar-refractivity contribution in [1.29, 1.82) is 0 Å². The molecule has 1 aliphatic carbocycles. The lowest BCUT2D eigenvalue weighted by atomic mass is 9.86. The second kappa shape index (κ2) is 9.51. The van der Waals surface area contributed by atoms with Gasteiger partial charge < -0.3 is 15.7 Å². The minimum absolute atomic E-state index is 0.182. The van der Waals surface area contributed by atoms with Gasteiger partial charge in [0.05, 0.1) is 21.5 Å². The summed E-state index contributed by atoms with van der Waals surface area (Å²) in [4.78, 5) is 14.5. The fourth-order valence-corrected chi connectivity index (χ4v) is 6.04. The van der Waals surface area contributed by atoms with Crippen molar-refractivity contribution in [3.8, 4) is 10.6 Å². The predicted octanol–water partition coefficient (Wildman–Crippen LogP) is 6.02. The summed E-state index contributed by atoms with van der Waals surface area (Å²) in [5.74, 6) is 1.40. The molecule has 3 N–H and O–H groups in total. The number of anilines is 2. The molecule has 0 bridgehead atoms. The molecule has 3 unspecified atom stereocenters. The largest absolute Gasteiger partial charge is 0.396 e. The number of hydrogen-bond donors (Lipinski definition) is 3. The van der Waals surface area contributed by atoms with E-state index in [1.807, 2.05) is 31.2 Å². The number of benzene rings is 2. The molecule has 0 spiro atoms. The van der Waals surface area contributed by atoms with Gasteiger partial charge in [-0.05, 0) is 56.7 Å². The third kappa shape index (κ3) is 4.60. The molecule has 0 radical (unpaired) electrons. The van der Waals surface area contributed by atoms with Crippen LogP contribution in [0.2, 0.25) is 0 Å². The molecule has 3 atom stereocenters. The van der Waals surface area contributed by atoms with Crippen LogP contribution in [-0.4, -0.2) is 32.2 Å². The Morgan fingerprint density at radius 3 is 2.63 bits per heavy atom. The first kappa shape index (κ1) is 23.6. The Labute approximate surface area is 208 Å². The molecular formula is C27H30FN5OS. The highest BCUT2D eigenvalue weighted by atomic mass is 32.1. The molecule has 4 aromatic rings. The molecule has 2 aromatic heterocycles. The van der Waals surface area contributed by atoms with E-state index in [0.29, 0.717) is 17.3 Å². The number of nitrogens with zero attached hydrogens (tertiary/aromatic N) is 3. The van der Waals surface area contributed by atoms with Crippen LogP contribution in [0.25, 0.3) is 20.8 Å². The quantitative estimate of drug-likeness (QED) is 0.293. The first-order chi connectivity index (χ1) is 16.9. The first-order valence-electron chi connectivity index (χ1n) is 12.0. The van der Waals surface area contributed by atoms with Crippen LogP contribution in [0.15, 0.2) is 48.5 Å².